The smallest absolute Gasteiger partial charge is 0.248 e. The molecule has 0 aliphatic carbocycles. The van der Waals surface area contributed by atoms with Gasteiger partial charge in [0.25, 0.3) is 0 Å². The number of pyridine rings is 1. The summed E-state index contributed by atoms with van der Waals surface area (Å²) in [5.74, 6) is -0.608. The molecule has 2 aromatic carbocycles. The molecule has 5 aromatic rings. The van der Waals surface area contributed by atoms with Gasteiger partial charge in [-0.3, -0.25) is 14.3 Å². The van der Waals surface area contributed by atoms with E-state index in [1.165, 1.54) is 12.1 Å². The molecule has 9 heteroatoms. The van der Waals surface area contributed by atoms with Crippen LogP contribution in [0.25, 0.3) is 27.5 Å². The summed E-state index contributed by atoms with van der Waals surface area (Å²) in [6.45, 7) is 6.65. The van der Waals surface area contributed by atoms with E-state index in [9.17, 15) is 14.9 Å². The van der Waals surface area contributed by atoms with Crippen LogP contribution < -0.4 is 10.6 Å². The Morgan fingerprint density at radius 1 is 1.10 bits per heavy atom. The summed E-state index contributed by atoms with van der Waals surface area (Å²) in [6, 6.07) is 18.1. The monoisotopic (exact) mass is 564 g/mol. The largest absolute Gasteiger partial charge is 0.321 e. The van der Waals surface area contributed by atoms with E-state index in [-0.39, 0.29) is 22.8 Å². The Hall–Kier alpha value is -4.71. The zero-order chi connectivity index (χ0) is 29.3. The predicted molar refractivity (Wildman–Crippen MR) is 162 cm³/mol. The highest BCUT2D eigenvalue weighted by atomic mass is 35.5. The van der Waals surface area contributed by atoms with Crippen molar-refractivity contribution in [1.29, 1.82) is 5.26 Å². The van der Waals surface area contributed by atoms with E-state index >= 15 is 0 Å². The number of anilines is 1. The highest BCUT2D eigenvalue weighted by molar-refractivity contribution is 6.38. The summed E-state index contributed by atoms with van der Waals surface area (Å²) in [5, 5.41) is 21.6. The lowest BCUT2D eigenvalue weighted by Gasteiger charge is -2.18. The molecule has 206 valence electrons. The molecule has 0 spiro atoms. The number of rotatable bonds is 7. The van der Waals surface area contributed by atoms with Gasteiger partial charge in [-0.05, 0) is 63.2 Å². The number of hydrogen-bond acceptors (Lipinski definition) is 5. The Balaban J connectivity index is 1.41. The quantitative estimate of drug-likeness (QED) is 0.183. The first kappa shape index (κ1) is 27.8. The molecule has 0 atom stereocenters. The predicted octanol–water partition coefficient (Wildman–Crippen LogP) is 6.13. The number of fused-ring (bicyclic) bond motifs is 2. The number of carbonyl (C=O) groups is 2. The lowest BCUT2D eigenvalue weighted by atomic mass is 10.0. The van der Waals surface area contributed by atoms with E-state index in [1.54, 1.807) is 29.0 Å². The standard InChI is InChI=1S/C32H29ClN6O2/c1-32(2,3)35-15-5-8-29(40)36-25-11-9-20(17-21(25)18-34)31(41)28-14-13-27-22(7-6-16-39(27)28)23-10-12-26-24(30(23)33)19-38(4)37-26/h5-14,16-17,19,35H,15H2,1-4H3,(H,36,40)/b8-5+. The molecular weight excluding hydrogens is 536 g/mol. The minimum Gasteiger partial charge on any atom is -0.321 e. The number of nitrogens with zero attached hydrogens (tertiary/aromatic N) is 4. The van der Waals surface area contributed by atoms with Crippen LogP contribution in [0.2, 0.25) is 5.02 Å². The van der Waals surface area contributed by atoms with Gasteiger partial charge in [-0.15, -0.1) is 0 Å². The van der Waals surface area contributed by atoms with Gasteiger partial charge in [0, 0.05) is 59.7 Å². The van der Waals surface area contributed by atoms with Crippen LogP contribution in [-0.4, -0.2) is 38.0 Å². The molecule has 41 heavy (non-hydrogen) atoms. The normalized spacial score (nSPS) is 11.8. The van der Waals surface area contributed by atoms with E-state index in [0.717, 1.165) is 27.5 Å². The molecular formula is C32H29ClN6O2. The number of hydrogen-bond donors (Lipinski definition) is 2. The number of aromatic nitrogens is 3. The van der Waals surface area contributed by atoms with Gasteiger partial charge in [0.15, 0.2) is 0 Å². The van der Waals surface area contributed by atoms with Crippen LogP contribution in [0.3, 0.4) is 0 Å². The van der Waals surface area contributed by atoms with Gasteiger partial charge in [0.05, 0.1) is 33.0 Å². The highest BCUT2D eigenvalue weighted by Crippen LogP contribution is 2.36. The molecule has 1 amide bonds. The second kappa shape index (κ2) is 11.0. The summed E-state index contributed by atoms with van der Waals surface area (Å²) >= 11 is 6.80. The third-order valence-electron chi connectivity index (χ3n) is 6.63. The molecule has 0 saturated carbocycles. The molecule has 3 aromatic heterocycles. The van der Waals surface area contributed by atoms with Crippen LogP contribution in [0, 0.1) is 11.3 Å². The Morgan fingerprint density at radius 3 is 2.66 bits per heavy atom. The first-order chi connectivity index (χ1) is 19.6. The third-order valence-corrected chi connectivity index (χ3v) is 7.04. The van der Waals surface area contributed by atoms with E-state index in [4.69, 9.17) is 11.6 Å². The maximum atomic E-state index is 13.6. The highest BCUT2D eigenvalue weighted by Gasteiger charge is 2.19. The van der Waals surface area contributed by atoms with Crippen LogP contribution in [0.4, 0.5) is 5.69 Å². The molecule has 2 N–H and O–H groups in total. The lowest BCUT2D eigenvalue weighted by Crippen LogP contribution is -2.35. The van der Waals surface area contributed by atoms with Crippen molar-refractivity contribution in [2.75, 3.05) is 11.9 Å². The Labute approximate surface area is 242 Å². The second-order valence-corrected chi connectivity index (χ2v) is 11.2. The van der Waals surface area contributed by atoms with E-state index in [0.29, 0.717) is 28.5 Å². The minimum atomic E-state index is -0.357. The minimum absolute atomic E-state index is 0.0642. The van der Waals surface area contributed by atoms with E-state index < -0.39 is 0 Å². The first-order valence-electron chi connectivity index (χ1n) is 13.1. The number of nitrogens with one attached hydrogen (secondary N) is 2. The molecule has 5 rings (SSSR count). The molecule has 3 heterocycles. The number of benzene rings is 2. The number of aryl methyl sites for hydroxylation is 1. The molecule has 0 radical (unpaired) electrons. The fourth-order valence-corrected chi connectivity index (χ4v) is 4.99. The number of carbonyl (C=O) groups excluding carboxylic acids is 2. The van der Waals surface area contributed by atoms with Gasteiger partial charge < -0.3 is 15.0 Å². The van der Waals surface area contributed by atoms with Gasteiger partial charge in [0.2, 0.25) is 11.7 Å². The molecule has 0 unspecified atom stereocenters. The number of halogens is 1. The van der Waals surface area contributed by atoms with Crippen molar-refractivity contribution < 1.29 is 9.59 Å². The molecule has 0 aliphatic rings. The Kier molecular flexibility index (Phi) is 7.50. The maximum absolute atomic E-state index is 13.6. The van der Waals surface area contributed by atoms with Gasteiger partial charge >= 0.3 is 0 Å². The van der Waals surface area contributed by atoms with Crippen LogP contribution in [0.5, 0.6) is 0 Å². The van der Waals surface area contributed by atoms with Crippen LogP contribution in [0.15, 0.2) is 79.1 Å². The van der Waals surface area contributed by atoms with Crippen LogP contribution in [-0.2, 0) is 11.8 Å². The first-order valence-corrected chi connectivity index (χ1v) is 13.5. The van der Waals surface area contributed by atoms with E-state index in [2.05, 4.69) is 21.8 Å². The molecule has 0 bridgehead atoms. The second-order valence-electron chi connectivity index (χ2n) is 10.8. The van der Waals surface area contributed by atoms with Crippen LogP contribution >= 0.6 is 11.6 Å². The van der Waals surface area contributed by atoms with Gasteiger partial charge in [-0.2, -0.15) is 10.4 Å². The average molecular weight is 565 g/mol. The number of ketones is 1. The maximum Gasteiger partial charge on any atom is 0.248 e. The van der Waals surface area contributed by atoms with Crippen molar-refractivity contribution in [3.05, 3.63) is 101 Å². The third kappa shape index (κ3) is 5.78. The van der Waals surface area contributed by atoms with Crippen molar-refractivity contribution in [1.82, 2.24) is 19.5 Å². The van der Waals surface area contributed by atoms with Gasteiger partial charge in [-0.25, -0.2) is 0 Å². The van der Waals surface area contributed by atoms with Gasteiger partial charge in [-0.1, -0.05) is 29.8 Å². The summed E-state index contributed by atoms with van der Waals surface area (Å²) < 4.78 is 3.54. The zero-order valence-electron chi connectivity index (χ0n) is 23.2. The summed E-state index contributed by atoms with van der Waals surface area (Å²) in [7, 11) is 1.85. The van der Waals surface area contributed by atoms with Crippen molar-refractivity contribution >= 4 is 45.4 Å². The number of amides is 1. The Bertz CT molecular complexity index is 1880. The van der Waals surface area contributed by atoms with E-state index in [1.807, 2.05) is 74.9 Å². The molecule has 0 fully saturated rings. The molecule has 0 aliphatic heterocycles. The summed E-state index contributed by atoms with van der Waals surface area (Å²) in [4.78, 5) is 26.0. The van der Waals surface area contributed by atoms with Gasteiger partial charge in [0.1, 0.15) is 6.07 Å². The summed E-state index contributed by atoms with van der Waals surface area (Å²) in [6.07, 6.45) is 6.84. The fraction of sp³-hybridized carbons (Fsp3) is 0.188. The van der Waals surface area contributed by atoms with Crippen molar-refractivity contribution in [2.24, 2.45) is 7.05 Å². The SMILES string of the molecule is Cn1cc2c(Cl)c(-c3cccn4c(C(=O)c5ccc(NC(=O)/C=C/CNC(C)(C)C)c(C#N)c5)ccc34)ccc2n1. The van der Waals surface area contributed by atoms with Crippen molar-refractivity contribution in [3.8, 4) is 17.2 Å². The fourth-order valence-electron chi connectivity index (χ4n) is 4.68. The molecule has 8 nitrogen and oxygen atoms in total. The van der Waals surface area contributed by atoms with Crippen LogP contribution in [0.1, 0.15) is 42.4 Å². The van der Waals surface area contributed by atoms with Crippen molar-refractivity contribution in [3.63, 3.8) is 0 Å². The lowest BCUT2D eigenvalue weighted by molar-refractivity contribution is -0.111. The zero-order valence-corrected chi connectivity index (χ0v) is 24.0. The average Bonchev–Trinajstić information content (AvgIpc) is 3.54. The molecule has 0 saturated heterocycles. The number of nitriles is 1. The summed E-state index contributed by atoms with van der Waals surface area (Å²) in [5.41, 5.74) is 4.59. The Morgan fingerprint density at radius 2 is 1.90 bits per heavy atom. The van der Waals surface area contributed by atoms with Crippen molar-refractivity contribution in [2.45, 2.75) is 26.3 Å². The topological polar surface area (TPSA) is 104 Å².